The summed E-state index contributed by atoms with van der Waals surface area (Å²) in [6.07, 6.45) is 5.86. The fraction of sp³-hybridized carbons (Fsp3) is 0.296. The van der Waals surface area contributed by atoms with Crippen molar-refractivity contribution in [3.8, 4) is 5.75 Å². The number of nitrogens with one attached hydrogen (secondary N) is 1. The molecule has 0 fully saturated rings. The highest BCUT2D eigenvalue weighted by atomic mass is 16.5. The van der Waals surface area contributed by atoms with Crippen LogP contribution in [0.1, 0.15) is 40.2 Å². The van der Waals surface area contributed by atoms with Gasteiger partial charge in [-0.3, -0.25) is 9.78 Å². The van der Waals surface area contributed by atoms with Crippen LogP contribution in [-0.4, -0.2) is 33.6 Å². The SMILES string of the molecule is Cc1ccc(C)c(OCCCCn2c(CCNC(=O)c3ccncc3)nc3ccccc32)c1. The largest absolute Gasteiger partial charge is 0.493 e. The highest BCUT2D eigenvalue weighted by molar-refractivity contribution is 5.93. The van der Waals surface area contributed by atoms with Gasteiger partial charge in [0.2, 0.25) is 0 Å². The molecule has 0 spiro atoms. The molecule has 0 aliphatic rings. The predicted molar refractivity (Wildman–Crippen MR) is 131 cm³/mol. The lowest BCUT2D eigenvalue weighted by molar-refractivity contribution is 0.0954. The van der Waals surface area contributed by atoms with Crippen LogP contribution in [0.25, 0.3) is 11.0 Å². The molecule has 0 bridgehead atoms. The number of fused-ring (bicyclic) bond motifs is 1. The first-order chi connectivity index (χ1) is 16.1. The number of ether oxygens (including phenoxy) is 1. The summed E-state index contributed by atoms with van der Waals surface area (Å²) < 4.78 is 8.28. The van der Waals surface area contributed by atoms with Gasteiger partial charge < -0.3 is 14.6 Å². The highest BCUT2D eigenvalue weighted by Gasteiger charge is 2.11. The average molecular weight is 443 g/mol. The van der Waals surface area contributed by atoms with Crippen LogP contribution in [0.4, 0.5) is 0 Å². The molecule has 2 aromatic carbocycles. The zero-order valence-corrected chi connectivity index (χ0v) is 19.3. The molecule has 1 N–H and O–H groups in total. The van der Waals surface area contributed by atoms with Gasteiger partial charge in [-0.15, -0.1) is 0 Å². The van der Waals surface area contributed by atoms with Gasteiger partial charge in [0.1, 0.15) is 11.6 Å². The van der Waals surface area contributed by atoms with Gasteiger partial charge >= 0.3 is 0 Å². The van der Waals surface area contributed by atoms with E-state index in [4.69, 9.17) is 9.72 Å². The first kappa shape index (κ1) is 22.5. The summed E-state index contributed by atoms with van der Waals surface area (Å²) in [4.78, 5) is 21.1. The highest BCUT2D eigenvalue weighted by Crippen LogP contribution is 2.20. The van der Waals surface area contributed by atoms with E-state index in [1.54, 1.807) is 24.5 Å². The third-order valence-electron chi connectivity index (χ3n) is 5.69. The monoisotopic (exact) mass is 442 g/mol. The van der Waals surface area contributed by atoms with Crippen molar-refractivity contribution in [1.82, 2.24) is 19.9 Å². The molecule has 0 saturated heterocycles. The maximum Gasteiger partial charge on any atom is 0.251 e. The van der Waals surface area contributed by atoms with Gasteiger partial charge in [-0.1, -0.05) is 24.3 Å². The Labute approximate surface area is 194 Å². The van der Waals surface area contributed by atoms with E-state index in [-0.39, 0.29) is 5.91 Å². The summed E-state index contributed by atoms with van der Waals surface area (Å²) in [5.41, 5.74) is 5.10. The molecule has 4 rings (SSSR count). The molecule has 6 nitrogen and oxygen atoms in total. The minimum absolute atomic E-state index is 0.0938. The van der Waals surface area contributed by atoms with E-state index in [9.17, 15) is 4.79 Å². The average Bonchev–Trinajstić information content (AvgIpc) is 3.19. The molecule has 2 aromatic heterocycles. The number of aryl methyl sites for hydroxylation is 3. The minimum atomic E-state index is -0.0938. The van der Waals surface area contributed by atoms with E-state index in [1.165, 1.54) is 5.56 Å². The number of carbonyl (C=O) groups is 1. The van der Waals surface area contributed by atoms with E-state index >= 15 is 0 Å². The molecule has 0 atom stereocenters. The zero-order valence-electron chi connectivity index (χ0n) is 19.3. The number of nitrogens with zero attached hydrogens (tertiary/aromatic N) is 3. The van der Waals surface area contributed by atoms with Gasteiger partial charge in [0.15, 0.2) is 0 Å². The molecule has 1 amide bonds. The Morgan fingerprint density at radius 1 is 1.03 bits per heavy atom. The van der Waals surface area contributed by atoms with Crippen LogP contribution >= 0.6 is 0 Å². The zero-order chi connectivity index (χ0) is 23.0. The number of para-hydroxylation sites is 2. The lowest BCUT2D eigenvalue weighted by Crippen LogP contribution is -2.26. The van der Waals surface area contributed by atoms with Crippen molar-refractivity contribution < 1.29 is 9.53 Å². The van der Waals surface area contributed by atoms with Crippen molar-refractivity contribution in [3.63, 3.8) is 0 Å². The van der Waals surface area contributed by atoms with Crippen molar-refractivity contribution in [2.75, 3.05) is 13.2 Å². The summed E-state index contributed by atoms with van der Waals surface area (Å²) in [5, 5.41) is 2.98. The summed E-state index contributed by atoms with van der Waals surface area (Å²) >= 11 is 0. The molecule has 33 heavy (non-hydrogen) atoms. The molecule has 6 heteroatoms. The number of rotatable bonds is 10. The molecular weight excluding hydrogens is 412 g/mol. The van der Waals surface area contributed by atoms with Crippen LogP contribution in [0.5, 0.6) is 5.75 Å². The number of imidazole rings is 1. The third-order valence-corrected chi connectivity index (χ3v) is 5.69. The third kappa shape index (κ3) is 5.77. The maximum absolute atomic E-state index is 12.3. The number of hydrogen-bond donors (Lipinski definition) is 1. The van der Waals surface area contributed by atoms with E-state index in [1.807, 2.05) is 18.2 Å². The minimum Gasteiger partial charge on any atom is -0.493 e. The molecule has 2 heterocycles. The van der Waals surface area contributed by atoms with Crippen LogP contribution in [0.3, 0.4) is 0 Å². The maximum atomic E-state index is 12.3. The Kier molecular flexibility index (Phi) is 7.35. The van der Waals surface area contributed by atoms with Crippen molar-refractivity contribution in [2.24, 2.45) is 0 Å². The second-order valence-electron chi connectivity index (χ2n) is 8.23. The Bertz CT molecular complexity index is 1220. The van der Waals surface area contributed by atoms with E-state index in [0.717, 1.165) is 47.6 Å². The second kappa shape index (κ2) is 10.8. The van der Waals surface area contributed by atoms with Crippen LogP contribution in [-0.2, 0) is 13.0 Å². The van der Waals surface area contributed by atoms with Gasteiger partial charge in [-0.25, -0.2) is 4.98 Å². The van der Waals surface area contributed by atoms with E-state index < -0.39 is 0 Å². The number of carbonyl (C=O) groups excluding carboxylic acids is 1. The smallest absolute Gasteiger partial charge is 0.251 e. The normalized spacial score (nSPS) is 11.0. The number of aromatic nitrogens is 3. The van der Waals surface area contributed by atoms with Crippen molar-refractivity contribution in [2.45, 2.75) is 39.7 Å². The molecule has 0 radical (unpaired) electrons. The topological polar surface area (TPSA) is 69.0 Å². The second-order valence-corrected chi connectivity index (χ2v) is 8.23. The fourth-order valence-electron chi connectivity index (χ4n) is 3.88. The number of amides is 1. The van der Waals surface area contributed by atoms with Gasteiger partial charge in [0.25, 0.3) is 5.91 Å². The molecule has 170 valence electrons. The molecular formula is C27H30N4O2. The van der Waals surface area contributed by atoms with Crippen molar-refractivity contribution in [1.29, 1.82) is 0 Å². The summed E-state index contributed by atoms with van der Waals surface area (Å²) in [5.74, 6) is 1.86. The van der Waals surface area contributed by atoms with Crippen LogP contribution in [0.2, 0.25) is 0 Å². The molecule has 0 aliphatic heterocycles. The molecule has 4 aromatic rings. The Balaban J connectivity index is 1.34. The van der Waals surface area contributed by atoms with E-state index in [0.29, 0.717) is 25.1 Å². The van der Waals surface area contributed by atoms with Crippen LogP contribution < -0.4 is 10.1 Å². The number of pyridine rings is 1. The van der Waals surface area contributed by atoms with Crippen LogP contribution in [0.15, 0.2) is 67.0 Å². The Morgan fingerprint density at radius 2 is 1.85 bits per heavy atom. The number of benzene rings is 2. The number of hydrogen-bond acceptors (Lipinski definition) is 4. The summed E-state index contributed by atoms with van der Waals surface area (Å²) in [6.45, 7) is 6.24. The molecule has 0 saturated carbocycles. The van der Waals surface area contributed by atoms with Gasteiger partial charge in [-0.05, 0) is 68.1 Å². The Morgan fingerprint density at radius 3 is 2.70 bits per heavy atom. The van der Waals surface area contributed by atoms with Crippen molar-refractivity contribution >= 4 is 16.9 Å². The first-order valence-electron chi connectivity index (χ1n) is 11.4. The summed E-state index contributed by atoms with van der Waals surface area (Å²) in [7, 11) is 0. The van der Waals surface area contributed by atoms with E-state index in [2.05, 4.69) is 53.0 Å². The Hall–Kier alpha value is -3.67. The lowest BCUT2D eigenvalue weighted by atomic mass is 10.1. The molecule has 0 unspecified atom stereocenters. The van der Waals surface area contributed by atoms with Gasteiger partial charge in [0.05, 0.1) is 17.6 Å². The van der Waals surface area contributed by atoms with Gasteiger partial charge in [-0.2, -0.15) is 0 Å². The fourth-order valence-corrected chi connectivity index (χ4v) is 3.88. The lowest BCUT2D eigenvalue weighted by Gasteiger charge is -2.12. The van der Waals surface area contributed by atoms with Gasteiger partial charge in [0, 0.05) is 37.5 Å². The molecule has 0 aliphatic carbocycles. The number of unbranched alkanes of at least 4 members (excludes halogenated alkanes) is 1. The summed E-state index contributed by atoms with van der Waals surface area (Å²) in [6, 6.07) is 17.9. The quantitative estimate of drug-likeness (QED) is 0.356. The van der Waals surface area contributed by atoms with Crippen LogP contribution in [0, 0.1) is 13.8 Å². The predicted octanol–water partition coefficient (Wildman–Crippen LogP) is 4.88. The first-order valence-corrected chi connectivity index (χ1v) is 11.4. The standard InChI is InChI=1S/C27H30N4O2/c1-20-9-10-21(2)25(19-20)33-18-6-5-17-31-24-8-4-3-7-23(24)30-26(31)13-16-29-27(32)22-11-14-28-15-12-22/h3-4,7-12,14-15,19H,5-6,13,16-18H2,1-2H3,(H,29,32). The van der Waals surface area contributed by atoms with Crippen molar-refractivity contribution in [3.05, 3.63) is 89.5 Å².